The van der Waals surface area contributed by atoms with E-state index in [0.717, 1.165) is 0 Å². The van der Waals surface area contributed by atoms with Crippen molar-refractivity contribution < 1.29 is 17.9 Å². The van der Waals surface area contributed by atoms with E-state index in [2.05, 4.69) is 17.0 Å². The van der Waals surface area contributed by atoms with Crippen molar-refractivity contribution in [2.45, 2.75) is 56.9 Å². The number of nitrogens with one attached hydrogen (secondary N) is 1. The molecule has 0 bridgehead atoms. The van der Waals surface area contributed by atoms with Gasteiger partial charge in [-0.05, 0) is 59.1 Å². The summed E-state index contributed by atoms with van der Waals surface area (Å²) < 4.78 is 28.9. The predicted octanol–water partition coefficient (Wildman–Crippen LogP) is 2.14. The molecule has 122 valence electrons. The molecule has 6 nitrogen and oxygen atoms in total. The second-order valence-electron chi connectivity index (χ2n) is 6.70. The fraction of sp³-hybridized carbons (Fsp3) is 0.857. The molecule has 7 heteroatoms. The first-order chi connectivity index (χ1) is 9.49. The van der Waals surface area contributed by atoms with Crippen molar-refractivity contribution in [3.05, 3.63) is 0 Å². The summed E-state index contributed by atoms with van der Waals surface area (Å²) in [6.07, 6.45) is 3.07. The number of alkyl carbamates (subject to hydrolysis) is 1. The van der Waals surface area contributed by atoms with Crippen molar-refractivity contribution in [1.82, 2.24) is 5.32 Å². The Hall–Kier alpha value is -1.11. The molecule has 0 aliphatic heterocycles. The van der Waals surface area contributed by atoms with E-state index in [4.69, 9.17) is 4.74 Å². The van der Waals surface area contributed by atoms with E-state index in [1.165, 1.54) is 6.26 Å². The molecule has 0 saturated heterocycles. The first-order valence-electron chi connectivity index (χ1n) is 7.13. The van der Waals surface area contributed by atoms with Crippen LogP contribution in [0.5, 0.6) is 0 Å². The SMILES string of the molecule is C=NC1(S(C)(=O)=O)CCC(CNC(=O)OC(C)(C)C)CC1. The summed E-state index contributed by atoms with van der Waals surface area (Å²) in [6, 6.07) is 0. The molecule has 1 rings (SSSR count). The molecule has 0 radical (unpaired) electrons. The molecule has 0 atom stereocenters. The highest BCUT2D eigenvalue weighted by atomic mass is 32.2. The van der Waals surface area contributed by atoms with Gasteiger partial charge in [0.2, 0.25) is 0 Å². The van der Waals surface area contributed by atoms with Gasteiger partial charge >= 0.3 is 6.09 Å². The number of ether oxygens (including phenoxy) is 1. The molecule has 21 heavy (non-hydrogen) atoms. The molecular formula is C14H26N2O4S. The molecule has 1 fully saturated rings. The average molecular weight is 318 g/mol. The number of carbonyl (C=O) groups is 1. The van der Waals surface area contributed by atoms with Crippen molar-refractivity contribution in [2.75, 3.05) is 12.8 Å². The van der Waals surface area contributed by atoms with E-state index in [1.807, 2.05) is 20.8 Å². The Morgan fingerprint density at radius 2 is 1.90 bits per heavy atom. The Morgan fingerprint density at radius 3 is 2.29 bits per heavy atom. The van der Waals surface area contributed by atoms with Crippen LogP contribution in [0, 0.1) is 5.92 Å². The number of carbonyl (C=O) groups excluding carboxylic acids is 1. The average Bonchev–Trinajstić information content (AvgIpc) is 2.33. The second kappa shape index (κ2) is 6.34. The van der Waals surface area contributed by atoms with Gasteiger partial charge in [0.05, 0.1) is 0 Å². The van der Waals surface area contributed by atoms with Gasteiger partial charge in [0.15, 0.2) is 14.7 Å². The minimum atomic E-state index is -3.26. The van der Waals surface area contributed by atoms with Gasteiger partial charge in [0, 0.05) is 12.8 Å². The predicted molar refractivity (Wildman–Crippen MR) is 83.3 cm³/mol. The van der Waals surface area contributed by atoms with Crippen LogP contribution < -0.4 is 5.32 Å². The first-order valence-corrected chi connectivity index (χ1v) is 9.02. The third-order valence-corrected chi connectivity index (χ3v) is 5.72. The summed E-state index contributed by atoms with van der Waals surface area (Å²) in [5.41, 5.74) is -0.519. The molecule has 0 unspecified atom stereocenters. The van der Waals surface area contributed by atoms with Crippen molar-refractivity contribution in [2.24, 2.45) is 10.9 Å². The van der Waals surface area contributed by atoms with Crippen LogP contribution in [0.3, 0.4) is 0 Å². The summed E-state index contributed by atoms with van der Waals surface area (Å²) >= 11 is 0. The fourth-order valence-electron chi connectivity index (χ4n) is 2.52. The van der Waals surface area contributed by atoms with E-state index in [1.54, 1.807) is 0 Å². The Kier molecular flexibility index (Phi) is 5.41. The minimum Gasteiger partial charge on any atom is -0.444 e. The Bertz CT molecular complexity index is 486. The van der Waals surface area contributed by atoms with Crippen molar-refractivity contribution in [3.8, 4) is 0 Å². The van der Waals surface area contributed by atoms with E-state index in [-0.39, 0.29) is 5.92 Å². The summed E-state index contributed by atoms with van der Waals surface area (Å²) in [6.45, 7) is 9.36. The standard InChI is InChI=1S/C14H26N2O4S/c1-13(2,3)20-12(17)16-10-11-6-8-14(15-4,9-7-11)21(5,18)19/h11H,4,6-10H2,1-3,5H3,(H,16,17). The molecule has 1 N–H and O–H groups in total. The minimum absolute atomic E-state index is 0.245. The smallest absolute Gasteiger partial charge is 0.407 e. The number of nitrogens with zero attached hydrogens (tertiary/aromatic N) is 1. The van der Waals surface area contributed by atoms with Crippen LogP contribution in [-0.2, 0) is 14.6 Å². The Morgan fingerprint density at radius 1 is 1.38 bits per heavy atom. The normalized spacial score (nSPS) is 27.0. The zero-order chi connectivity index (χ0) is 16.3. The van der Waals surface area contributed by atoms with Crippen molar-refractivity contribution in [3.63, 3.8) is 0 Å². The lowest BCUT2D eigenvalue weighted by molar-refractivity contribution is 0.0514. The van der Waals surface area contributed by atoms with Gasteiger partial charge in [-0.2, -0.15) is 0 Å². The summed E-state index contributed by atoms with van der Waals surface area (Å²) in [5.74, 6) is 0.245. The van der Waals surface area contributed by atoms with Crippen molar-refractivity contribution in [1.29, 1.82) is 0 Å². The molecule has 1 aliphatic carbocycles. The van der Waals surface area contributed by atoms with E-state index >= 15 is 0 Å². The van der Waals surface area contributed by atoms with Crippen LogP contribution in [0.15, 0.2) is 4.99 Å². The number of aliphatic imine (C=N–C) groups is 1. The van der Waals surface area contributed by atoms with Crippen LogP contribution in [0.1, 0.15) is 46.5 Å². The third-order valence-electron chi connectivity index (χ3n) is 3.80. The molecular weight excluding hydrogens is 292 g/mol. The van der Waals surface area contributed by atoms with Gasteiger partial charge < -0.3 is 10.1 Å². The highest BCUT2D eigenvalue weighted by Crippen LogP contribution is 2.38. The quantitative estimate of drug-likeness (QED) is 0.805. The number of rotatable bonds is 4. The number of hydrogen-bond donors (Lipinski definition) is 1. The lowest BCUT2D eigenvalue weighted by atomic mass is 9.86. The molecule has 0 aromatic rings. The second-order valence-corrected chi connectivity index (χ2v) is 9.01. The lowest BCUT2D eigenvalue weighted by Crippen LogP contribution is -2.42. The van der Waals surface area contributed by atoms with Gasteiger partial charge in [-0.1, -0.05) is 0 Å². The highest BCUT2D eigenvalue weighted by molar-refractivity contribution is 7.92. The molecule has 0 aromatic heterocycles. The number of sulfone groups is 1. The Balaban J connectivity index is 2.48. The molecule has 1 aliphatic rings. The maximum Gasteiger partial charge on any atom is 0.407 e. The van der Waals surface area contributed by atoms with Crippen LogP contribution in [0.2, 0.25) is 0 Å². The largest absolute Gasteiger partial charge is 0.444 e. The van der Waals surface area contributed by atoms with E-state index < -0.39 is 26.4 Å². The van der Waals surface area contributed by atoms with E-state index in [0.29, 0.717) is 32.2 Å². The summed E-state index contributed by atoms with van der Waals surface area (Å²) in [5, 5.41) is 2.74. The highest BCUT2D eigenvalue weighted by Gasteiger charge is 2.42. The van der Waals surface area contributed by atoms with Crippen LogP contribution in [0.4, 0.5) is 4.79 Å². The fourth-order valence-corrected chi connectivity index (χ4v) is 3.73. The lowest BCUT2D eigenvalue weighted by Gasteiger charge is -2.35. The summed E-state index contributed by atoms with van der Waals surface area (Å²) in [4.78, 5) is 14.4. The number of hydrogen-bond acceptors (Lipinski definition) is 5. The number of amides is 1. The molecule has 1 saturated carbocycles. The van der Waals surface area contributed by atoms with Gasteiger partial charge in [0.25, 0.3) is 0 Å². The zero-order valence-corrected chi connectivity index (χ0v) is 14.1. The van der Waals surface area contributed by atoms with Crippen molar-refractivity contribution >= 4 is 22.6 Å². The summed E-state index contributed by atoms with van der Waals surface area (Å²) in [7, 11) is -3.26. The zero-order valence-electron chi connectivity index (χ0n) is 13.3. The molecule has 0 aromatic carbocycles. The van der Waals surface area contributed by atoms with Crippen LogP contribution in [-0.4, -0.2) is 44.5 Å². The molecule has 0 spiro atoms. The molecule has 1 amide bonds. The van der Waals surface area contributed by atoms with E-state index in [9.17, 15) is 13.2 Å². The maximum absolute atomic E-state index is 11.8. The monoisotopic (exact) mass is 318 g/mol. The van der Waals surface area contributed by atoms with Gasteiger partial charge in [-0.3, -0.25) is 4.99 Å². The maximum atomic E-state index is 11.8. The van der Waals surface area contributed by atoms with Gasteiger partial charge in [0.1, 0.15) is 5.60 Å². The van der Waals surface area contributed by atoms with Crippen LogP contribution >= 0.6 is 0 Å². The van der Waals surface area contributed by atoms with Crippen LogP contribution in [0.25, 0.3) is 0 Å². The molecule has 0 heterocycles. The first kappa shape index (κ1) is 17.9. The Labute approximate surface area is 127 Å². The third kappa shape index (κ3) is 4.98. The topological polar surface area (TPSA) is 84.8 Å². The van der Waals surface area contributed by atoms with Gasteiger partial charge in [-0.15, -0.1) is 0 Å². The van der Waals surface area contributed by atoms with Gasteiger partial charge in [-0.25, -0.2) is 13.2 Å².